The number of pyridine rings is 1. The van der Waals surface area contributed by atoms with Gasteiger partial charge in [0, 0.05) is 48.7 Å². The second-order valence-electron chi connectivity index (χ2n) is 5.39. The Bertz CT molecular complexity index is 969. The summed E-state index contributed by atoms with van der Waals surface area (Å²) in [4.78, 5) is 31.1. The molecule has 1 atom stereocenters. The number of hydrogen-bond donors (Lipinski definition) is 1. The lowest BCUT2D eigenvalue weighted by atomic mass is 10.1. The highest BCUT2D eigenvalue weighted by Crippen LogP contribution is 2.28. The second-order valence-corrected chi connectivity index (χ2v) is 5.39. The average molecular weight is 325 g/mol. The Kier molecular flexibility index (Phi) is 3.95. The van der Waals surface area contributed by atoms with Crippen molar-refractivity contribution in [2.75, 3.05) is 5.32 Å². The van der Waals surface area contributed by atoms with Gasteiger partial charge in [0.2, 0.25) is 0 Å². The molecule has 0 saturated carbocycles. The number of hydrogen-bond acceptors (Lipinski definition) is 6. The maximum absolute atomic E-state index is 12.1. The molecule has 0 aliphatic rings. The predicted octanol–water partition coefficient (Wildman–Crippen LogP) is 2.41. The van der Waals surface area contributed by atoms with Crippen molar-refractivity contribution in [3.8, 4) is 0 Å². The Hall–Kier alpha value is -3.29. The van der Waals surface area contributed by atoms with Crippen LogP contribution in [0, 0.1) is 10.1 Å². The van der Waals surface area contributed by atoms with Crippen LogP contribution in [0.4, 0.5) is 11.4 Å². The minimum absolute atomic E-state index is 0.0344. The fourth-order valence-electron chi connectivity index (χ4n) is 2.51. The number of rotatable bonds is 4. The number of benzene rings is 1. The first-order chi connectivity index (χ1) is 11.5. The highest BCUT2D eigenvalue weighted by atomic mass is 16.6. The number of anilines is 1. The molecule has 0 aliphatic carbocycles. The topological polar surface area (TPSA) is 103 Å². The van der Waals surface area contributed by atoms with E-state index in [1.165, 1.54) is 22.8 Å². The number of nitro benzene ring substituents is 1. The first-order valence-electron chi connectivity index (χ1n) is 7.29. The lowest BCUT2D eigenvalue weighted by molar-refractivity contribution is -0.384. The summed E-state index contributed by atoms with van der Waals surface area (Å²) in [7, 11) is 1.63. The van der Waals surface area contributed by atoms with Crippen LogP contribution in [0.25, 0.3) is 10.9 Å². The van der Waals surface area contributed by atoms with Gasteiger partial charge in [0.1, 0.15) is 5.82 Å². The molecule has 1 unspecified atom stereocenters. The van der Waals surface area contributed by atoms with Crippen LogP contribution in [-0.2, 0) is 7.05 Å². The standard InChI is InChI=1S/C16H15N5O3/c1-10(16-17-6-3-7-18-16)19-13-9-15(22)20(2)14-5-4-11(21(23)24)8-12(13)14/h3-10,19H,1-2H3. The highest BCUT2D eigenvalue weighted by Gasteiger charge is 2.15. The van der Waals surface area contributed by atoms with Crippen LogP contribution >= 0.6 is 0 Å². The number of non-ortho nitro benzene ring substituents is 1. The van der Waals surface area contributed by atoms with Crippen LogP contribution in [0.15, 0.2) is 47.5 Å². The van der Waals surface area contributed by atoms with Gasteiger partial charge in [-0.25, -0.2) is 9.97 Å². The zero-order chi connectivity index (χ0) is 17.3. The van der Waals surface area contributed by atoms with E-state index in [0.717, 1.165) is 0 Å². The highest BCUT2D eigenvalue weighted by molar-refractivity contribution is 5.93. The Labute approximate surface area is 136 Å². The molecule has 0 spiro atoms. The van der Waals surface area contributed by atoms with Crippen molar-refractivity contribution in [2.24, 2.45) is 7.05 Å². The molecule has 3 aromatic rings. The van der Waals surface area contributed by atoms with Gasteiger partial charge >= 0.3 is 0 Å². The van der Waals surface area contributed by atoms with Gasteiger partial charge in [-0.15, -0.1) is 0 Å². The van der Waals surface area contributed by atoms with Crippen molar-refractivity contribution in [2.45, 2.75) is 13.0 Å². The van der Waals surface area contributed by atoms with Crippen LogP contribution in [0.2, 0.25) is 0 Å². The van der Waals surface area contributed by atoms with Crippen molar-refractivity contribution in [1.82, 2.24) is 14.5 Å². The minimum Gasteiger partial charge on any atom is -0.375 e. The molecule has 0 aliphatic heterocycles. The summed E-state index contributed by atoms with van der Waals surface area (Å²) in [5, 5.41) is 14.8. The summed E-state index contributed by atoms with van der Waals surface area (Å²) in [6.45, 7) is 1.86. The van der Waals surface area contributed by atoms with E-state index < -0.39 is 4.92 Å². The van der Waals surface area contributed by atoms with Crippen molar-refractivity contribution in [3.63, 3.8) is 0 Å². The molecule has 2 aromatic heterocycles. The molecule has 8 nitrogen and oxygen atoms in total. The van der Waals surface area contributed by atoms with Crippen LogP contribution < -0.4 is 10.9 Å². The molecule has 8 heteroatoms. The monoisotopic (exact) mass is 325 g/mol. The molecule has 0 fully saturated rings. The van der Waals surface area contributed by atoms with E-state index in [4.69, 9.17) is 0 Å². The number of nitro groups is 1. The fraction of sp³-hybridized carbons (Fsp3) is 0.188. The molecule has 1 aromatic carbocycles. The van der Waals surface area contributed by atoms with E-state index in [0.29, 0.717) is 22.4 Å². The van der Waals surface area contributed by atoms with Gasteiger partial charge in [-0.2, -0.15) is 0 Å². The predicted molar refractivity (Wildman–Crippen MR) is 89.9 cm³/mol. The van der Waals surface area contributed by atoms with Crippen molar-refractivity contribution in [1.29, 1.82) is 0 Å². The van der Waals surface area contributed by atoms with Crippen molar-refractivity contribution in [3.05, 3.63) is 69.0 Å². The quantitative estimate of drug-likeness (QED) is 0.583. The molecule has 0 bridgehead atoms. The molecule has 24 heavy (non-hydrogen) atoms. The summed E-state index contributed by atoms with van der Waals surface area (Å²) in [5.74, 6) is 0.566. The Morgan fingerprint density at radius 2 is 1.96 bits per heavy atom. The van der Waals surface area contributed by atoms with Gasteiger partial charge < -0.3 is 9.88 Å². The Morgan fingerprint density at radius 3 is 2.62 bits per heavy atom. The van der Waals surface area contributed by atoms with Crippen LogP contribution in [-0.4, -0.2) is 19.5 Å². The van der Waals surface area contributed by atoms with Gasteiger partial charge in [0.25, 0.3) is 11.2 Å². The Balaban J connectivity index is 2.12. The molecule has 2 heterocycles. The summed E-state index contributed by atoms with van der Waals surface area (Å²) < 4.78 is 1.45. The molecule has 0 radical (unpaired) electrons. The zero-order valence-electron chi connectivity index (χ0n) is 13.1. The molecular formula is C16H15N5O3. The van der Waals surface area contributed by atoms with Crippen LogP contribution in [0.3, 0.4) is 0 Å². The summed E-state index contributed by atoms with van der Waals surface area (Å²) >= 11 is 0. The second kappa shape index (κ2) is 6.07. The fourth-order valence-corrected chi connectivity index (χ4v) is 2.51. The maximum Gasteiger partial charge on any atom is 0.270 e. The van der Waals surface area contributed by atoms with E-state index in [9.17, 15) is 14.9 Å². The third-order valence-corrected chi connectivity index (χ3v) is 3.79. The minimum atomic E-state index is -0.460. The van der Waals surface area contributed by atoms with Gasteiger partial charge in [0.05, 0.1) is 16.5 Å². The normalized spacial score (nSPS) is 12.1. The Morgan fingerprint density at radius 1 is 1.25 bits per heavy atom. The molecule has 122 valence electrons. The van der Waals surface area contributed by atoms with E-state index in [2.05, 4.69) is 15.3 Å². The smallest absolute Gasteiger partial charge is 0.270 e. The van der Waals surface area contributed by atoms with Crippen molar-refractivity contribution >= 4 is 22.3 Å². The summed E-state index contributed by atoms with van der Waals surface area (Å²) in [6, 6.07) is 7.29. The average Bonchev–Trinajstić information content (AvgIpc) is 2.59. The number of nitrogens with one attached hydrogen (secondary N) is 1. The third-order valence-electron chi connectivity index (χ3n) is 3.79. The van der Waals surface area contributed by atoms with E-state index >= 15 is 0 Å². The molecule has 0 amide bonds. The van der Waals surface area contributed by atoms with E-state index in [1.54, 1.807) is 31.6 Å². The number of aryl methyl sites for hydroxylation is 1. The van der Waals surface area contributed by atoms with Crippen LogP contribution in [0.5, 0.6) is 0 Å². The number of aromatic nitrogens is 3. The lowest BCUT2D eigenvalue weighted by Gasteiger charge is -2.16. The lowest BCUT2D eigenvalue weighted by Crippen LogP contribution is -2.19. The van der Waals surface area contributed by atoms with Gasteiger partial charge in [-0.05, 0) is 19.1 Å². The van der Waals surface area contributed by atoms with E-state index in [1.807, 2.05) is 6.92 Å². The molecular weight excluding hydrogens is 310 g/mol. The SMILES string of the molecule is CC(Nc1cc(=O)n(C)c2ccc([N+](=O)[O-])cc12)c1ncccn1. The number of nitrogens with zero attached hydrogens (tertiary/aromatic N) is 4. The maximum atomic E-state index is 12.1. The third kappa shape index (κ3) is 2.81. The van der Waals surface area contributed by atoms with Crippen LogP contribution in [0.1, 0.15) is 18.8 Å². The van der Waals surface area contributed by atoms with E-state index in [-0.39, 0.29) is 17.3 Å². The van der Waals surface area contributed by atoms with Gasteiger partial charge in [-0.3, -0.25) is 14.9 Å². The summed E-state index contributed by atoms with van der Waals surface area (Å²) in [5.41, 5.74) is 0.876. The van der Waals surface area contributed by atoms with Gasteiger partial charge in [0.15, 0.2) is 0 Å². The summed E-state index contributed by atoms with van der Waals surface area (Å²) in [6.07, 6.45) is 3.26. The van der Waals surface area contributed by atoms with Gasteiger partial charge in [-0.1, -0.05) is 0 Å². The first-order valence-corrected chi connectivity index (χ1v) is 7.29. The van der Waals surface area contributed by atoms with Crippen molar-refractivity contribution < 1.29 is 4.92 Å². The molecule has 3 rings (SSSR count). The molecule has 1 N–H and O–H groups in total. The first kappa shape index (κ1) is 15.6. The molecule has 0 saturated heterocycles. The largest absolute Gasteiger partial charge is 0.375 e. The number of fused-ring (bicyclic) bond motifs is 1. The zero-order valence-corrected chi connectivity index (χ0v) is 13.1.